The zero-order valence-corrected chi connectivity index (χ0v) is 16.8. The number of hydrogen-bond donors (Lipinski definition) is 1. The second kappa shape index (κ2) is 7.77. The normalized spacial score (nSPS) is 23.4. The first-order chi connectivity index (χ1) is 9.99. The van der Waals surface area contributed by atoms with Gasteiger partial charge in [0.2, 0.25) is 0 Å². The monoisotopic (exact) mass is 350 g/mol. The Morgan fingerprint density at radius 3 is 1.82 bits per heavy atom. The van der Waals surface area contributed by atoms with E-state index < -0.39 is 18.4 Å². The maximum Gasteiger partial charge on any atom is 0.265 e. The molecule has 0 aromatic carbocycles. The molecule has 1 saturated carbocycles. The van der Waals surface area contributed by atoms with Crippen molar-refractivity contribution in [1.82, 2.24) is 0 Å². The Morgan fingerprint density at radius 2 is 1.45 bits per heavy atom. The Kier molecular flexibility index (Phi) is 7.11. The molecule has 0 spiro atoms. The average molecular weight is 351 g/mol. The van der Waals surface area contributed by atoms with Crippen molar-refractivity contribution in [3.05, 3.63) is 0 Å². The smallest absolute Gasteiger partial charge is 0.265 e. The van der Waals surface area contributed by atoms with Crippen LogP contribution in [0.1, 0.15) is 60.8 Å². The van der Waals surface area contributed by atoms with Crippen LogP contribution >= 0.6 is 0 Å². The van der Waals surface area contributed by atoms with Gasteiger partial charge in [0, 0.05) is 6.61 Å². The molecule has 0 amide bonds. The van der Waals surface area contributed by atoms with Crippen LogP contribution in [0.5, 0.6) is 0 Å². The van der Waals surface area contributed by atoms with E-state index in [0.29, 0.717) is 22.5 Å². The lowest BCUT2D eigenvalue weighted by atomic mass is 9.74. The molecule has 0 radical (unpaired) electrons. The number of hydrogen-bond acceptors (Lipinski definition) is 3. The van der Waals surface area contributed by atoms with E-state index in [9.17, 15) is 8.42 Å². The molecule has 0 saturated heterocycles. The summed E-state index contributed by atoms with van der Waals surface area (Å²) >= 11 is 0. The van der Waals surface area contributed by atoms with Gasteiger partial charge >= 0.3 is 0 Å². The highest BCUT2D eigenvalue weighted by Gasteiger charge is 2.45. The van der Waals surface area contributed by atoms with E-state index in [1.165, 1.54) is 0 Å². The standard InChI is InChI=1S/C16H34O4SSi/c1-12(2)22(13(3)4,14(5)6)20-8-7-15-9-16(10-15)11-21(17,18)19/h12-16H,7-11H2,1-6H3,(H,17,18,19). The minimum Gasteiger partial charge on any atom is -0.416 e. The fourth-order valence-electron chi connectivity index (χ4n) is 4.45. The molecule has 6 heteroatoms. The first-order valence-electron chi connectivity index (χ1n) is 8.58. The highest BCUT2D eigenvalue weighted by molar-refractivity contribution is 7.85. The van der Waals surface area contributed by atoms with Crippen LogP contribution in [0.25, 0.3) is 0 Å². The Labute approximate surface area is 137 Å². The van der Waals surface area contributed by atoms with Gasteiger partial charge < -0.3 is 4.43 Å². The maximum absolute atomic E-state index is 10.8. The predicted octanol–water partition coefficient (Wildman–Crippen LogP) is 4.48. The van der Waals surface area contributed by atoms with Gasteiger partial charge in [0.1, 0.15) is 0 Å². The van der Waals surface area contributed by atoms with Gasteiger partial charge in [-0.15, -0.1) is 0 Å². The maximum atomic E-state index is 10.8. The van der Waals surface area contributed by atoms with Crippen molar-refractivity contribution >= 4 is 18.4 Å². The molecule has 22 heavy (non-hydrogen) atoms. The van der Waals surface area contributed by atoms with Crippen LogP contribution in [0.3, 0.4) is 0 Å². The highest BCUT2D eigenvalue weighted by atomic mass is 32.2. The fourth-order valence-corrected chi connectivity index (χ4v) is 10.8. The third-order valence-corrected chi connectivity index (χ3v) is 12.4. The summed E-state index contributed by atoms with van der Waals surface area (Å²) in [6.45, 7) is 14.5. The molecule has 0 aliphatic heterocycles. The molecule has 1 rings (SSSR count). The third-order valence-electron chi connectivity index (χ3n) is 5.36. The van der Waals surface area contributed by atoms with Crippen molar-refractivity contribution in [2.24, 2.45) is 11.8 Å². The molecule has 1 aliphatic rings. The van der Waals surface area contributed by atoms with Crippen molar-refractivity contribution in [2.75, 3.05) is 12.4 Å². The van der Waals surface area contributed by atoms with Crippen molar-refractivity contribution in [2.45, 2.75) is 77.4 Å². The molecule has 4 nitrogen and oxygen atoms in total. The van der Waals surface area contributed by atoms with E-state index in [0.717, 1.165) is 25.9 Å². The van der Waals surface area contributed by atoms with Gasteiger partial charge in [0.05, 0.1) is 5.75 Å². The second-order valence-electron chi connectivity index (χ2n) is 7.91. The summed E-state index contributed by atoms with van der Waals surface area (Å²) < 4.78 is 37.1. The minimum atomic E-state index is -3.81. The van der Waals surface area contributed by atoms with E-state index in [4.69, 9.17) is 8.98 Å². The summed E-state index contributed by atoms with van der Waals surface area (Å²) in [4.78, 5) is 0. The second-order valence-corrected chi connectivity index (χ2v) is 14.9. The molecule has 0 heterocycles. The van der Waals surface area contributed by atoms with Gasteiger partial charge in [-0.25, -0.2) is 0 Å². The lowest BCUT2D eigenvalue weighted by Crippen LogP contribution is -2.48. The Bertz CT molecular complexity index is 417. The van der Waals surface area contributed by atoms with Crippen LogP contribution in [0.15, 0.2) is 0 Å². The molecular formula is C16H34O4SSi. The molecule has 1 aliphatic carbocycles. The van der Waals surface area contributed by atoms with Crippen molar-refractivity contribution in [3.8, 4) is 0 Å². The Hall–Kier alpha value is 0.0869. The van der Waals surface area contributed by atoms with Crippen molar-refractivity contribution in [1.29, 1.82) is 0 Å². The highest BCUT2D eigenvalue weighted by Crippen LogP contribution is 2.43. The molecule has 132 valence electrons. The first-order valence-corrected chi connectivity index (χ1v) is 12.3. The van der Waals surface area contributed by atoms with Crippen LogP contribution in [0, 0.1) is 11.8 Å². The average Bonchev–Trinajstić information content (AvgIpc) is 2.27. The zero-order valence-electron chi connectivity index (χ0n) is 15.0. The van der Waals surface area contributed by atoms with Gasteiger partial charge in [-0.3, -0.25) is 4.55 Å². The number of rotatable bonds is 9. The van der Waals surface area contributed by atoms with Crippen molar-refractivity contribution < 1.29 is 17.4 Å². The zero-order chi connectivity index (χ0) is 17.1. The van der Waals surface area contributed by atoms with Crippen LogP contribution in [-0.2, 0) is 14.5 Å². The minimum absolute atomic E-state index is 0.0764. The molecule has 0 atom stereocenters. The van der Waals surface area contributed by atoms with Gasteiger partial charge in [-0.05, 0) is 47.7 Å². The molecular weight excluding hydrogens is 316 g/mol. The van der Waals surface area contributed by atoms with Crippen LogP contribution < -0.4 is 0 Å². The van der Waals surface area contributed by atoms with Crippen LogP contribution in [0.4, 0.5) is 0 Å². The summed E-state index contributed by atoms with van der Waals surface area (Å²) in [5, 5.41) is 0. The van der Waals surface area contributed by atoms with E-state index >= 15 is 0 Å². The predicted molar refractivity (Wildman–Crippen MR) is 94.2 cm³/mol. The lowest BCUT2D eigenvalue weighted by molar-refractivity contribution is 0.158. The fraction of sp³-hybridized carbons (Fsp3) is 1.00. The van der Waals surface area contributed by atoms with Gasteiger partial charge in [0.25, 0.3) is 10.1 Å². The van der Waals surface area contributed by atoms with Crippen LogP contribution in [-0.4, -0.2) is 33.6 Å². The topological polar surface area (TPSA) is 63.6 Å². The lowest BCUT2D eigenvalue weighted by Gasteiger charge is -2.43. The van der Waals surface area contributed by atoms with Gasteiger partial charge in [-0.1, -0.05) is 41.5 Å². The van der Waals surface area contributed by atoms with Gasteiger partial charge in [0.15, 0.2) is 8.32 Å². The van der Waals surface area contributed by atoms with Crippen LogP contribution in [0.2, 0.25) is 16.6 Å². The first kappa shape index (κ1) is 20.1. The molecule has 0 unspecified atom stereocenters. The van der Waals surface area contributed by atoms with E-state index in [2.05, 4.69) is 41.5 Å². The Balaban J connectivity index is 2.43. The molecule has 0 aromatic heterocycles. The van der Waals surface area contributed by atoms with Crippen molar-refractivity contribution in [3.63, 3.8) is 0 Å². The van der Waals surface area contributed by atoms with Gasteiger partial charge in [-0.2, -0.15) is 8.42 Å². The summed E-state index contributed by atoms with van der Waals surface area (Å²) in [5.41, 5.74) is 1.79. The Morgan fingerprint density at radius 1 is 1.00 bits per heavy atom. The molecule has 1 fully saturated rings. The molecule has 0 bridgehead atoms. The van der Waals surface area contributed by atoms with E-state index in [-0.39, 0.29) is 11.7 Å². The van der Waals surface area contributed by atoms with E-state index in [1.54, 1.807) is 0 Å². The molecule has 0 aromatic rings. The SMILES string of the molecule is CC(C)[Si](OCCC1CC(CS(=O)(=O)O)C1)(C(C)C)C(C)C. The largest absolute Gasteiger partial charge is 0.416 e. The third kappa shape index (κ3) is 5.04. The van der Waals surface area contributed by atoms with E-state index in [1.807, 2.05) is 0 Å². The quantitative estimate of drug-likeness (QED) is 0.492. The summed E-state index contributed by atoms with van der Waals surface area (Å²) in [6, 6.07) is 0. The summed E-state index contributed by atoms with van der Waals surface area (Å²) in [7, 11) is -5.58. The summed E-state index contributed by atoms with van der Waals surface area (Å²) in [5.74, 6) is 0.625. The molecule has 1 N–H and O–H groups in total. The summed E-state index contributed by atoms with van der Waals surface area (Å²) in [6.07, 6.45) is 2.83.